The van der Waals surface area contributed by atoms with Gasteiger partial charge in [-0.1, -0.05) is 13.3 Å². The van der Waals surface area contributed by atoms with Crippen molar-refractivity contribution in [2.24, 2.45) is 0 Å². The standard InChI is InChI=1S/C12H26N2O2/c1-5-6-7-14-12(15)11(4)13-8-9-16-10(2)3/h10-11,13H,5-9H2,1-4H3,(H,14,15). The van der Waals surface area contributed by atoms with Gasteiger partial charge in [0.05, 0.1) is 18.8 Å². The zero-order valence-electron chi connectivity index (χ0n) is 11.0. The minimum absolute atomic E-state index is 0.0676. The van der Waals surface area contributed by atoms with Crippen molar-refractivity contribution in [2.75, 3.05) is 19.7 Å². The molecule has 96 valence electrons. The molecular formula is C12H26N2O2. The maximum atomic E-state index is 11.5. The van der Waals surface area contributed by atoms with Gasteiger partial charge in [-0.3, -0.25) is 4.79 Å². The Balaban J connectivity index is 3.47. The Morgan fingerprint density at radius 3 is 2.50 bits per heavy atom. The Bertz CT molecular complexity index is 184. The molecule has 0 aromatic rings. The minimum Gasteiger partial charge on any atom is -0.377 e. The van der Waals surface area contributed by atoms with Crippen molar-refractivity contribution < 1.29 is 9.53 Å². The zero-order chi connectivity index (χ0) is 12.4. The van der Waals surface area contributed by atoms with E-state index in [4.69, 9.17) is 4.74 Å². The monoisotopic (exact) mass is 230 g/mol. The number of hydrogen-bond acceptors (Lipinski definition) is 3. The van der Waals surface area contributed by atoms with Crippen LogP contribution in [0.1, 0.15) is 40.5 Å². The number of carbonyl (C=O) groups is 1. The van der Waals surface area contributed by atoms with E-state index in [1.807, 2.05) is 20.8 Å². The van der Waals surface area contributed by atoms with Crippen molar-refractivity contribution in [3.63, 3.8) is 0 Å². The second-order valence-corrected chi connectivity index (χ2v) is 4.24. The molecule has 2 N–H and O–H groups in total. The molecule has 0 aliphatic carbocycles. The summed E-state index contributed by atoms with van der Waals surface area (Å²) in [6, 6.07) is -0.146. The zero-order valence-corrected chi connectivity index (χ0v) is 11.0. The van der Waals surface area contributed by atoms with E-state index in [-0.39, 0.29) is 18.1 Å². The quantitative estimate of drug-likeness (QED) is 0.587. The fraction of sp³-hybridized carbons (Fsp3) is 0.917. The first kappa shape index (κ1) is 15.4. The van der Waals surface area contributed by atoms with Gasteiger partial charge in [0, 0.05) is 13.1 Å². The first-order valence-corrected chi connectivity index (χ1v) is 6.20. The van der Waals surface area contributed by atoms with Gasteiger partial charge in [0.25, 0.3) is 0 Å². The normalized spacial score (nSPS) is 12.8. The van der Waals surface area contributed by atoms with Crippen LogP contribution in [0.15, 0.2) is 0 Å². The summed E-state index contributed by atoms with van der Waals surface area (Å²) < 4.78 is 5.38. The lowest BCUT2D eigenvalue weighted by atomic mass is 10.3. The average molecular weight is 230 g/mol. The molecular weight excluding hydrogens is 204 g/mol. The van der Waals surface area contributed by atoms with Crippen LogP contribution in [-0.4, -0.2) is 37.7 Å². The molecule has 4 heteroatoms. The molecule has 0 aromatic heterocycles. The van der Waals surface area contributed by atoms with Crippen LogP contribution in [0.25, 0.3) is 0 Å². The van der Waals surface area contributed by atoms with Crippen LogP contribution in [0.4, 0.5) is 0 Å². The molecule has 0 radical (unpaired) electrons. The number of rotatable bonds is 9. The van der Waals surface area contributed by atoms with Gasteiger partial charge >= 0.3 is 0 Å². The summed E-state index contributed by atoms with van der Waals surface area (Å²) in [6.45, 7) is 10.1. The smallest absolute Gasteiger partial charge is 0.236 e. The third-order valence-corrected chi connectivity index (χ3v) is 2.23. The second kappa shape index (κ2) is 9.60. The fourth-order valence-electron chi connectivity index (χ4n) is 1.20. The summed E-state index contributed by atoms with van der Waals surface area (Å²) in [5, 5.41) is 6.02. The fourth-order valence-corrected chi connectivity index (χ4v) is 1.20. The van der Waals surface area contributed by atoms with Crippen LogP contribution >= 0.6 is 0 Å². The largest absolute Gasteiger partial charge is 0.377 e. The number of ether oxygens (including phenoxy) is 1. The molecule has 0 aliphatic rings. The molecule has 0 saturated carbocycles. The molecule has 4 nitrogen and oxygen atoms in total. The molecule has 16 heavy (non-hydrogen) atoms. The van der Waals surface area contributed by atoms with Crippen molar-refractivity contribution in [3.8, 4) is 0 Å². The van der Waals surface area contributed by atoms with Gasteiger partial charge in [-0.2, -0.15) is 0 Å². The molecule has 0 heterocycles. The van der Waals surface area contributed by atoms with Crippen molar-refractivity contribution >= 4 is 5.91 Å². The Kier molecular flexibility index (Phi) is 9.24. The molecule has 0 bridgehead atoms. The van der Waals surface area contributed by atoms with Gasteiger partial charge in [-0.05, 0) is 27.2 Å². The number of hydrogen-bond donors (Lipinski definition) is 2. The van der Waals surface area contributed by atoms with E-state index in [0.717, 1.165) is 19.4 Å². The predicted molar refractivity (Wildman–Crippen MR) is 66.5 cm³/mol. The Morgan fingerprint density at radius 1 is 1.25 bits per heavy atom. The lowest BCUT2D eigenvalue weighted by Crippen LogP contribution is -2.43. The molecule has 0 spiro atoms. The molecule has 0 saturated heterocycles. The second-order valence-electron chi connectivity index (χ2n) is 4.24. The van der Waals surface area contributed by atoms with E-state index in [1.54, 1.807) is 0 Å². The predicted octanol–water partition coefficient (Wildman–Crippen LogP) is 1.31. The van der Waals surface area contributed by atoms with Crippen LogP contribution < -0.4 is 10.6 Å². The first-order chi connectivity index (χ1) is 7.57. The molecule has 0 aliphatic heterocycles. The van der Waals surface area contributed by atoms with Crippen molar-refractivity contribution in [2.45, 2.75) is 52.7 Å². The topological polar surface area (TPSA) is 50.4 Å². The number of amides is 1. The summed E-state index contributed by atoms with van der Waals surface area (Å²) in [6.07, 6.45) is 2.38. The van der Waals surface area contributed by atoms with Crippen LogP contribution in [0.3, 0.4) is 0 Å². The van der Waals surface area contributed by atoms with E-state index < -0.39 is 0 Å². The highest BCUT2D eigenvalue weighted by Gasteiger charge is 2.10. The van der Waals surface area contributed by atoms with Gasteiger partial charge in [-0.25, -0.2) is 0 Å². The van der Waals surface area contributed by atoms with E-state index >= 15 is 0 Å². The molecule has 0 fully saturated rings. The average Bonchev–Trinajstić information content (AvgIpc) is 2.24. The lowest BCUT2D eigenvalue weighted by Gasteiger charge is -2.14. The minimum atomic E-state index is -0.146. The van der Waals surface area contributed by atoms with Gasteiger partial charge in [0.15, 0.2) is 0 Å². The van der Waals surface area contributed by atoms with Crippen LogP contribution in [0, 0.1) is 0 Å². The maximum absolute atomic E-state index is 11.5. The molecule has 0 aromatic carbocycles. The van der Waals surface area contributed by atoms with Crippen molar-refractivity contribution in [1.82, 2.24) is 10.6 Å². The Morgan fingerprint density at radius 2 is 1.94 bits per heavy atom. The number of carbonyl (C=O) groups excluding carboxylic acids is 1. The SMILES string of the molecule is CCCCNC(=O)C(C)NCCOC(C)C. The van der Waals surface area contributed by atoms with Crippen LogP contribution in [-0.2, 0) is 9.53 Å². The van der Waals surface area contributed by atoms with E-state index in [9.17, 15) is 4.79 Å². The van der Waals surface area contributed by atoms with E-state index in [0.29, 0.717) is 13.2 Å². The summed E-state index contributed by atoms with van der Waals surface area (Å²) in [4.78, 5) is 11.5. The van der Waals surface area contributed by atoms with Gasteiger partial charge in [-0.15, -0.1) is 0 Å². The molecule has 1 atom stereocenters. The molecule has 1 unspecified atom stereocenters. The Hall–Kier alpha value is -0.610. The third kappa shape index (κ3) is 8.68. The van der Waals surface area contributed by atoms with E-state index in [1.165, 1.54) is 0 Å². The van der Waals surface area contributed by atoms with Gasteiger partial charge < -0.3 is 15.4 Å². The third-order valence-electron chi connectivity index (χ3n) is 2.23. The summed E-state index contributed by atoms with van der Waals surface area (Å²) in [7, 11) is 0. The van der Waals surface area contributed by atoms with Gasteiger partial charge in [0.1, 0.15) is 0 Å². The van der Waals surface area contributed by atoms with Crippen LogP contribution in [0.5, 0.6) is 0 Å². The van der Waals surface area contributed by atoms with Gasteiger partial charge in [0.2, 0.25) is 5.91 Å². The summed E-state index contributed by atoms with van der Waals surface area (Å²) >= 11 is 0. The van der Waals surface area contributed by atoms with Crippen molar-refractivity contribution in [1.29, 1.82) is 0 Å². The highest BCUT2D eigenvalue weighted by molar-refractivity contribution is 5.81. The summed E-state index contributed by atoms with van der Waals surface area (Å²) in [5.41, 5.74) is 0. The lowest BCUT2D eigenvalue weighted by molar-refractivity contribution is -0.122. The van der Waals surface area contributed by atoms with E-state index in [2.05, 4.69) is 17.6 Å². The molecule has 0 rings (SSSR count). The highest BCUT2D eigenvalue weighted by Crippen LogP contribution is 1.88. The van der Waals surface area contributed by atoms with Crippen LogP contribution in [0.2, 0.25) is 0 Å². The maximum Gasteiger partial charge on any atom is 0.236 e. The molecule has 1 amide bonds. The Labute approximate surface area is 99.1 Å². The van der Waals surface area contributed by atoms with Crippen molar-refractivity contribution in [3.05, 3.63) is 0 Å². The number of unbranched alkanes of at least 4 members (excludes halogenated alkanes) is 1. The summed E-state index contributed by atoms with van der Waals surface area (Å²) in [5.74, 6) is 0.0676. The highest BCUT2D eigenvalue weighted by atomic mass is 16.5. The number of nitrogens with one attached hydrogen (secondary N) is 2. The first-order valence-electron chi connectivity index (χ1n) is 6.20.